The summed E-state index contributed by atoms with van der Waals surface area (Å²) in [7, 11) is 0. The number of amides is 2. The zero-order valence-corrected chi connectivity index (χ0v) is 17.9. The van der Waals surface area contributed by atoms with Crippen LogP contribution in [0.1, 0.15) is 23.1 Å². The second-order valence-electron chi connectivity index (χ2n) is 6.47. The minimum Gasteiger partial charge on any atom is -0.326 e. The van der Waals surface area contributed by atoms with Gasteiger partial charge in [0.1, 0.15) is 4.32 Å². The van der Waals surface area contributed by atoms with Crippen LogP contribution < -0.4 is 5.32 Å². The smallest absolute Gasteiger partial charge is 0.266 e. The summed E-state index contributed by atoms with van der Waals surface area (Å²) in [5.74, 6) is -0.356. The van der Waals surface area contributed by atoms with Gasteiger partial charge < -0.3 is 5.32 Å². The predicted molar refractivity (Wildman–Crippen MR) is 120 cm³/mol. The fraction of sp³-hybridized carbons (Fsp3) is 0.190. The number of hydrogen-bond acceptors (Lipinski definition) is 4. The normalized spacial score (nSPS) is 15.4. The van der Waals surface area contributed by atoms with E-state index in [9.17, 15) is 9.59 Å². The maximum Gasteiger partial charge on any atom is 0.266 e. The van der Waals surface area contributed by atoms with Crippen molar-refractivity contribution in [1.29, 1.82) is 0 Å². The number of thiocarbonyl (C=S) groups is 1. The van der Waals surface area contributed by atoms with Gasteiger partial charge in [-0.05, 0) is 43.2 Å². The molecule has 0 radical (unpaired) electrons. The molecule has 0 bridgehead atoms. The molecule has 0 aliphatic carbocycles. The molecular formula is C21H19ClN2O2S2. The first-order chi connectivity index (χ1) is 13.3. The summed E-state index contributed by atoms with van der Waals surface area (Å²) in [4.78, 5) is 26.9. The lowest BCUT2D eigenvalue weighted by Crippen LogP contribution is -2.31. The Morgan fingerprint density at radius 2 is 2.00 bits per heavy atom. The van der Waals surface area contributed by atoms with Gasteiger partial charge in [0.25, 0.3) is 5.91 Å². The Morgan fingerprint density at radius 1 is 1.25 bits per heavy atom. The van der Waals surface area contributed by atoms with E-state index in [2.05, 4.69) is 5.32 Å². The highest BCUT2D eigenvalue weighted by Crippen LogP contribution is 2.33. The molecule has 2 amide bonds. The van der Waals surface area contributed by atoms with Crippen LogP contribution in [0.5, 0.6) is 0 Å². The van der Waals surface area contributed by atoms with Crippen molar-refractivity contribution < 1.29 is 9.59 Å². The van der Waals surface area contributed by atoms with Crippen molar-refractivity contribution in [3.63, 3.8) is 0 Å². The molecule has 1 heterocycles. The summed E-state index contributed by atoms with van der Waals surface area (Å²) in [6.45, 7) is 4.19. The van der Waals surface area contributed by atoms with E-state index in [0.717, 1.165) is 22.4 Å². The molecule has 4 nitrogen and oxygen atoms in total. The van der Waals surface area contributed by atoms with Gasteiger partial charge in [0, 0.05) is 23.7 Å². The zero-order valence-electron chi connectivity index (χ0n) is 15.5. The average molecular weight is 431 g/mol. The molecule has 1 aliphatic rings. The van der Waals surface area contributed by atoms with Gasteiger partial charge in [-0.25, -0.2) is 0 Å². The third-order valence-corrected chi connectivity index (χ3v) is 6.01. The summed E-state index contributed by atoms with van der Waals surface area (Å²) in [6, 6.07) is 13.1. The highest BCUT2D eigenvalue weighted by Gasteiger charge is 2.32. The number of hydrogen-bond donors (Lipinski definition) is 1. The summed E-state index contributed by atoms with van der Waals surface area (Å²) in [5.41, 5.74) is 3.68. The van der Waals surface area contributed by atoms with Gasteiger partial charge in [-0.1, -0.05) is 71.5 Å². The highest BCUT2D eigenvalue weighted by molar-refractivity contribution is 8.26. The standard InChI is InChI=1S/C21H19ClN2O2S2/c1-13-7-8-17(14(2)11-13)23-19(25)9-10-24-20(26)18(28-21(24)27)12-15-5-3-4-6-16(15)22/h3-8,11-12H,9-10H2,1-2H3,(H,23,25). The monoisotopic (exact) mass is 430 g/mol. The summed E-state index contributed by atoms with van der Waals surface area (Å²) in [6.07, 6.45) is 1.90. The van der Waals surface area contributed by atoms with Crippen LogP contribution in [-0.2, 0) is 9.59 Å². The fourth-order valence-corrected chi connectivity index (χ4v) is 4.30. The van der Waals surface area contributed by atoms with Crippen molar-refractivity contribution in [3.05, 3.63) is 69.1 Å². The Morgan fingerprint density at radius 3 is 2.71 bits per heavy atom. The van der Waals surface area contributed by atoms with Gasteiger partial charge in [0.2, 0.25) is 5.91 Å². The summed E-state index contributed by atoms with van der Waals surface area (Å²) in [5, 5.41) is 3.46. The number of nitrogens with zero attached hydrogens (tertiary/aromatic N) is 1. The maximum absolute atomic E-state index is 12.7. The largest absolute Gasteiger partial charge is 0.326 e. The number of nitrogens with one attached hydrogen (secondary N) is 1. The van der Waals surface area contributed by atoms with Gasteiger partial charge in [0.15, 0.2) is 0 Å². The maximum atomic E-state index is 12.7. The van der Waals surface area contributed by atoms with Crippen LogP contribution in [-0.4, -0.2) is 27.6 Å². The van der Waals surface area contributed by atoms with Crippen LogP contribution in [0, 0.1) is 13.8 Å². The molecule has 0 unspecified atom stereocenters. The molecule has 0 saturated carbocycles. The third-order valence-electron chi connectivity index (χ3n) is 4.28. The Labute approximate surface area is 178 Å². The van der Waals surface area contributed by atoms with Crippen LogP contribution in [0.4, 0.5) is 5.69 Å². The first-order valence-electron chi connectivity index (χ1n) is 8.72. The van der Waals surface area contributed by atoms with E-state index >= 15 is 0 Å². The van der Waals surface area contributed by atoms with Gasteiger partial charge in [0.05, 0.1) is 4.91 Å². The van der Waals surface area contributed by atoms with E-state index in [-0.39, 0.29) is 24.8 Å². The minimum atomic E-state index is -0.200. The Kier molecular flexibility index (Phi) is 6.54. The van der Waals surface area contributed by atoms with E-state index in [1.54, 1.807) is 12.1 Å². The Hall–Kier alpha value is -2.15. The molecule has 1 aliphatic heterocycles. The number of aryl methyl sites for hydroxylation is 2. The zero-order chi connectivity index (χ0) is 20.3. The van der Waals surface area contributed by atoms with Crippen LogP contribution in [0.3, 0.4) is 0 Å². The fourth-order valence-electron chi connectivity index (χ4n) is 2.81. The van der Waals surface area contributed by atoms with Crippen LogP contribution >= 0.6 is 35.6 Å². The number of anilines is 1. The van der Waals surface area contributed by atoms with Crippen LogP contribution in [0.15, 0.2) is 47.4 Å². The van der Waals surface area contributed by atoms with Crippen molar-refractivity contribution in [2.45, 2.75) is 20.3 Å². The molecule has 0 spiro atoms. The molecule has 1 saturated heterocycles. The number of rotatable bonds is 5. The van der Waals surface area contributed by atoms with Crippen molar-refractivity contribution in [2.24, 2.45) is 0 Å². The van der Waals surface area contributed by atoms with Crippen LogP contribution in [0.25, 0.3) is 6.08 Å². The van der Waals surface area contributed by atoms with Crippen molar-refractivity contribution in [3.8, 4) is 0 Å². The van der Waals surface area contributed by atoms with E-state index in [4.69, 9.17) is 23.8 Å². The molecule has 144 valence electrons. The van der Waals surface area contributed by atoms with Crippen molar-refractivity contribution in [1.82, 2.24) is 4.90 Å². The Bertz CT molecular complexity index is 988. The lowest BCUT2D eigenvalue weighted by Gasteiger charge is -2.15. The predicted octanol–water partition coefficient (Wildman–Crippen LogP) is 5.19. The average Bonchev–Trinajstić information content (AvgIpc) is 2.91. The number of halogens is 1. The molecule has 1 N–H and O–H groups in total. The van der Waals surface area contributed by atoms with Gasteiger partial charge >= 0.3 is 0 Å². The molecule has 0 atom stereocenters. The molecular weight excluding hydrogens is 412 g/mol. The molecule has 28 heavy (non-hydrogen) atoms. The van der Waals surface area contributed by atoms with Gasteiger partial charge in [-0.3, -0.25) is 14.5 Å². The lowest BCUT2D eigenvalue weighted by molar-refractivity contribution is -0.122. The SMILES string of the molecule is Cc1ccc(NC(=O)CCN2C(=O)C(=Cc3ccccc3Cl)SC2=S)c(C)c1. The second kappa shape index (κ2) is 8.90. The topological polar surface area (TPSA) is 49.4 Å². The highest BCUT2D eigenvalue weighted by atomic mass is 35.5. The molecule has 3 rings (SSSR count). The number of thioether (sulfide) groups is 1. The first-order valence-corrected chi connectivity index (χ1v) is 10.3. The molecule has 0 aromatic heterocycles. The van der Waals surface area contributed by atoms with Gasteiger partial charge in [-0.2, -0.15) is 0 Å². The van der Waals surface area contributed by atoms with Crippen molar-refractivity contribution >= 4 is 63.5 Å². The number of carbonyl (C=O) groups is 2. The van der Waals surface area contributed by atoms with Crippen LogP contribution in [0.2, 0.25) is 5.02 Å². The lowest BCUT2D eigenvalue weighted by atomic mass is 10.1. The molecule has 2 aromatic carbocycles. The summed E-state index contributed by atoms with van der Waals surface area (Å²) >= 11 is 12.7. The second-order valence-corrected chi connectivity index (χ2v) is 8.55. The van der Waals surface area contributed by atoms with Crippen molar-refractivity contribution in [2.75, 3.05) is 11.9 Å². The minimum absolute atomic E-state index is 0.156. The number of carbonyl (C=O) groups excluding carboxylic acids is 2. The summed E-state index contributed by atoms with van der Waals surface area (Å²) < 4.78 is 0.447. The molecule has 1 fully saturated rings. The first kappa shape index (κ1) is 20.6. The Balaban J connectivity index is 1.63. The van der Waals surface area contributed by atoms with E-state index in [1.165, 1.54) is 16.7 Å². The molecule has 7 heteroatoms. The molecule has 2 aromatic rings. The quantitative estimate of drug-likeness (QED) is 0.524. The third kappa shape index (κ3) is 4.82. The van der Waals surface area contributed by atoms with E-state index in [1.807, 2.05) is 50.2 Å². The number of benzene rings is 2. The van der Waals surface area contributed by atoms with Gasteiger partial charge in [-0.15, -0.1) is 0 Å². The van der Waals surface area contributed by atoms with E-state index < -0.39 is 0 Å². The van der Waals surface area contributed by atoms with E-state index in [0.29, 0.717) is 14.2 Å².